The van der Waals surface area contributed by atoms with Gasteiger partial charge in [-0.2, -0.15) is 0 Å². The van der Waals surface area contributed by atoms with E-state index in [0.29, 0.717) is 45.3 Å². The molecule has 4 fully saturated rings. The van der Waals surface area contributed by atoms with E-state index in [1.54, 1.807) is 12.1 Å². The highest BCUT2D eigenvalue weighted by molar-refractivity contribution is 5.68. The van der Waals surface area contributed by atoms with Crippen LogP contribution < -0.4 is 18.9 Å². The summed E-state index contributed by atoms with van der Waals surface area (Å²) in [6.45, 7) is 0. The third-order valence-electron chi connectivity index (χ3n) is 19.0. The van der Waals surface area contributed by atoms with Crippen molar-refractivity contribution in [2.75, 3.05) is 0 Å². The molecule has 13 rings (SSSR count). The molecule has 4 N–H and O–H groups in total. The fourth-order valence-electron chi connectivity index (χ4n) is 14.8. The van der Waals surface area contributed by atoms with Gasteiger partial charge in [-0.25, -0.2) is 0 Å². The van der Waals surface area contributed by atoms with Crippen molar-refractivity contribution in [1.29, 1.82) is 0 Å². The van der Waals surface area contributed by atoms with Crippen LogP contribution in [-0.4, -0.2) is 44.8 Å². The first kappa shape index (κ1) is 55.4. The third-order valence-corrected chi connectivity index (χ3v) is 19.0. The number of hydrogen-bond donors (Lipinski definition) is 4. The molecule has 4 saturated carbocycles. The van der Waals surface area contributed by atoms with Crippen molar-refractivity contribution in [3.63, 3.8) is 0 Å². The lowest BCUT2D eigenvalue weighted by Gasteiger charge is -2.33. The largest absolute Gasteiger partial charge is 0.507 e. The van der Waals surface area contributed by atoms with E-state index in [1.165, 1.54) is 0 Å². The summed E-state index contributed by atoms with van der Waals surface area (Å²) in [7, 11) is 0. The number of rotatable bonds is 12. The molecule has 84 heavy (non-hydrogen) atoms. The van der Waals surface area contributed by atoms with Crippen LogP contribution in [0.4, 0.5) is 0 Å². The maximum absolute atomic E-state index is 13.2. The average molecular weight is 1120 g/mol. The number of hydrogen-bond acceptors (Lipinski definition) is 8. The minimum Gasteiger partial charge on any atom is -0.507 e. The fraction of sp³-hybridized carbons (Fsp3) is 0.368. The molecular weight excluding hydrogens is 1040 g/mol. The van der Waals surface area contributed by atoms with Crippen LogP contribution in [-0.2, 0) is 0 Å². The molecule has 0 spiro atoms. The lowest BCUT2D eigenvalue weighted by atomic mass is 9.75. The van der Waals surface area contributed by atoms with Gasteiger partial charge in [0.1, 0.15) is 46.0 Å². The van der Waals surface area contributed by atoms with E-state index in [2.05, 4.69) is 91.0 Å². The summed E-state index contributed by atoms with van der Waals surface area (Å²) < 4.78 is 29.2. The lowest BCUT2D eigenvalue weighted by Crippen LogP contribution is -2.23. The number of phenols is 4. The lowest BCUT2D eigenvalue weighted by molar-refractivity contribution is 0.151. The molecule has 0 aliphatic heterocycles. The summed E-state index contributed by atoms with van der Waals surface area (Å²) in [4.78, 5) is 0. The molecule has 0 amide bonds. The first-order valence-corrected chi connectivity index (χ1v) is 31.6. The number of phenolic OH excluding ortho intramolecular Hbond substituents is 4. The Kier molecular flexibility index (Phi) is 16.6. The summed E-state index contributed by atoms with van der Waals surface area (Å²) in [6, 6.07) is 57.2. The molecule has 5 aliphatic rings. The first-order chi connectivity index (χ1) is 41.3. The molecule has 0 saturated heterocycles. The smallest absolute Gasteiger partial charge is 0.127 e. The Labute approximate surface area is 496 Å². The molecule has 8 heteroatoms. The normalized spacial score (nSPS) is 20.9. The van der Waals surface area contributed by atoms with Crippen molar-refractivity contribution < 1.29 is 39.4 Å². The molecule has 0 aromatic heterocycles. The molecule has 0 radical (unpaired) electrons. The predicted molar refractivity (Wildman–Crippen MR) is 332 cm³/mol. The van der Waals surface area contributed by atoms with Crippen LogP contribution >= 0.6 is 0 Å². The van der Waals surface area contributed by atoms with Gasteiger partial charge in [0.15, 0.2) is 0 Å². The van der Waals surface area contributed by atoms with E-state index in [9.17, 15) is 20.4 Å². The number of benzene rings is 8. The molecule has 8 bridgehead atoms. The van der Waals surface area contributed by atoms with Crippen LogP contribution in [0.5, 0.6) is 46.0 Å². The minimum atomic E-state index is -0.731. The number of aromatic hydroxyl groups is 4. The second-order valence-electron chi connectivity index (χ2n) is 24.7. The van der Waals surface area contributed by atoms with Gasteiger partial charge in [0.25, 0.3) is 0 Å². The quantitative estimate of drug-likeness (QED) is 0.0956. The Bertz CT molecular complexity index is 3310. The second-order valence-corrected chi connectivity index (χ2v) is 24.7. The zero-order valence-corrected chi connectivity index (χ0v) is 48.3. The van der Waals surface area contributed by atoms with Gasteiger partial charge >= 0.3 is 0 Å². The SMILES string of the molecule is Oc1cc(OC2CCCCC2)c2cc1C(c1ccccc1)c1cc(c(OC3CCCCC3)cc1O)C(c1ccccc1)c1cc(c(OC3CCCCC3)cc1O)C(c1ccccc1)c1cc(c(O)cc1OC1CCCCC1)C2c1ccccc1. The van der Waals surface area contributed by atoms with Gasteiger partial charge in [0.05, 0.1) is 24.4 Å². The van der Waals surface area contributed by atoms with E-state index < -0.39 is 23.7 Å². The average Bonchev–Trinajstić information content (AvgIpc) is 3.45. The van der Waals surface area contributed by atoms with Crippen LogP contribution in [0.1, 0.15) is 219 Å². The second kappa shape index (κ2) is 25.2. The van der Waals surface area contributed by atoms with Gasteiger partial charge in [-0.3, -0.25) is 0 Å². The Morgan fingerprint density at radius 3 is 0.631 bits per heavy atom. The number of ether oxygens (including phenoxy) is 4. The molecule has 5 aliphatic carbocycles. The van der Waals surface area contributed by atoms with Crippen molar-refractivity contribution >= 4 is 0 Å². The topological polar surface area (TPSA) is 118 Å². The maximum atomic E-state index is 13.2. The standard InChI is InChI=1S/C76H80O8/c77-65-45-69(81-53-33-17-5-18-34-53)61-41-57(65)73(49-25-9-1-10-26-49)58-42-62(70(46-66(58)78)82-54-35-19-6-20-36-54)75(51-29-13-3-14-30-51)60-44-64(72(48-68(60)80)84-56-39-23-8-24-40-56)76(52-31-15-4-16-32-52)63-43-59(74(61)50-27-11-2-12-28-50)67(79)47-71(63)83-55-37-21-7-22-38-55/h1-4,9-16,25-32,41-48,53-56,73-80H,5-8,17-24,33-40H2. The van der Waals surface area contributed by atoms with Crippen molar-refractivity contribution in [2.24, 2.45) is 0 Å². The van der Waals surface area contributed by atoms with Gasteiger partial charge in [-0.15, -0.1) is 0 Å². The van der Waals surface area contributed by atoms with Crippen LogP contribution in [0.3, 0.4) is 0 Å². The van der Waals surface area contributed by atoms with Gasteiger partial charge in [0, 0.05) is 92.4 Å². The Morgan fingerprint density at radius 1 is 0.226 bits per heavy atom. The Hall–Kier alpha value is -7.84. The summed E-state index contributed by atoms with van der Waals surface area (Å²) in [5.41, 5.74) is 9.38. The molecule has 432 valence electrons. The van der Waals surface area contributed by atoms with Crippen molar-refractivity contribution in [2.45, 2.75) is 177 Å². The molecular formula is C76H80O8. The first-order valence-electron chi connectivity index (χ1n) is 31.6. The van der Waals surface area contributed by atoms with E-state index in [-0.39, 0.29) is 47.4 Å². The van der Waals surface area contributed by atoms with E-state index in [1.807, 2.05) is 66.7 Å². The molecule has 0 heterocycles. The maximum Gasteiger partial charge on any atom is 0.127 e. The third kappa shape index (κ3) is 11.7. The van der Waals surface area contributed by atoms with Gasteiger partial charge in [0.2, 0.25) is 0 Å². The zero-order valence-electron chi connectivity index (χ0n) is 48.3. The predicted octanol–water partition coefficient (Wildman–Crippen LogP) is 18.4. The van der Waals surface area contributed by atoms with Crippen molar-refractivity contribution in [1.82, 2.24) is 0 Å². The Balaban J connectivity index is 1.18. The minimum absolute atomic E-state index is 0.0237. The van der Waals surface area contributed by atoms with Crippen molar-refractivity contribution in [3.8, 4) is 46.0 Å². The van der Waals surface area contributed by atoms with E-state index in [4.69, 9.17) is 18.9 Å². The molecule has 8 nitrogen and oxygen atoms in total. The van der Waals surface area contributed by atoms with Crippen LogP contribution in [0.2, 0.25) is 0 Å². The zero-order chi connectivity index (χ0) is 56.9. The van der Waals surface area contributed by atoms with Crippen LogP contribution in [0, 0.1) is 0 Å². The summed E-state index contributed by atoms with van der Waals surface area (Å²) >= 11 is 0. The van der Waals surface area contributed by atoms with E-state index >= 15 is 0 Å². The van der Waals surface area contributed by atoms with Gasteiger partial charge in [-0.05, 0) is 149 Å². The van der Waals surface area contributed by atoms with Gasteiger partial charge in [-0.1, -0.05) is 147 Å². The fourth-order valence-corrected chi connectivity index (χ4v) is 14.8. The highest BCUT2D eigenvalue weighted by Crippen LogP contribution is 2.55. The highest BCUT2D eigenvalue weighted by Gasteiger charge is 2.38. The molecule has 2 atom stereocenters. The van der Waals surface area contributed by atoms with Crippen molar-refractivity contribution in [3.05, 3.63) is 237 Å². The monoisotopic (exact) mass is 1120 g/mol. The van der Waals surface area contributed by atoms with Crippen LogP contribution in [0.25, 0.3) is 0 Å². The number of fused-ring (bicyclic) bond motifs is 8. The summed E-state index contributed by atoms with van der Waals surface area (Å²) in [6.07, 6.45) is 19.9. The van der Waals surface area contributed by atoms with Gasteiger partial charge < -0.3 is 39.4 Å². The summed E-state index contributed by atoms with van der Waals surface area (Å²) in [5, 5.41) is 52.4. The molecule has 2 unspecified atom stereocenters. The molecule has 8 aromatic carbocycles. The Morgan fingerprint density at radius 2 is 0.417 bits per heavy atom. The van der Waals surface area contributed by atoms with E-state index in [0.717, 1.165) is 173 Å². The highest BCUT2D eigenvalue weighted by atomic mass is 16.5. The summed E-state index contributed by atoms with van der Waals surface area (Å²) in [5.74, 6) is -0.0648. The van der Waals surface area contributed by atoms with Crippen LogP contribution in [0.15, 0.2) is 170 Å². The molecule has 8 aromatic rings.